The van der Waals surface area contributed by atoms with Crippen LogP contribution in [0.4, 0.5) is 0 Å². The van der Waals surface area contributed by atoms with Gasteiger partial charge in [0.15, 0.2) is 0 Å². The summed E-state index contributed by atoms with van der Waals surface area (Å²) in [6.07, 6.45) is 1.05. The van der Waals surface area contributed by atoms with Gasteiger partial charge in [0.1, 0.15) is 0 Å². The van der Waals surface area contributed by atoms with Crippen molar-refractivity contribution in [3.05, 3.63) is 45.7 Å². The van der Waals surface area contributed by atoms with Gasteiger partial charge < -0.3 is 4.90 Å². The van der Waals surface area contributed by atoms with E-state index in [9.17, 15) is 4.79 Å². The third-order valence-electron chi connectivity index (χ3n) is 5.34. The van der Waals surface area contributed by atoms with E-state index in [0.29, 0.717) is 6.04 Å². The van der Waals surface area contributed by atoms with Crippen LogP contribution in [-0.4, -0.2) is 57.7 Å². The summed E-state index contributed by atoms with van der Waals surface area (Å²) >= 11 is 3.50. The smallest absolute Gasteiger partial charge is 0.257 e. The van der Waals surface area contributed by atoms with Crippen LogP contribution in [0.1, 0.15) is 42.0 Å². The SMILES string of the molecule is CCN(CC)C1CCN(C(=O)c2c(C)nn(-c3cccc(Br)c3)c2C)C1. The summed E-state index contributed by atoms with van der Waals surface area (Å²) in [5, 5.41) is 4.64. The molecule has 1 saturated heterocycles. The number of amides is 1. The monoisotopic (exact) mass is 418 g/mol. The van der Waals surface area contributed by atoms with Crippen molar-refractivity contribution < 1.29 is 4.79 Å². The van der Waals surface area contributed by atoms with Crippen molar-refractivity contribution in [2.75, 3.05) is 26.2 Å². The number of likely N-dealkylation sites (tertiary alicyclic amines) is 1. The highest BCUT2D eigenvalue weighted by atomic mass is 79.9. The maximum atomic E-state index is 13.2. The van der Waals surface area contributed by atoms with Crippen LogP contribution in [-0.2, 0) is 0 Å². The number of hydrogen-bond acceptors (Lipinski definition) is 3. The molecule has 1 aliphatic rings. The van der Waals surface area contributed by atoms with Crippen molar-refractivity contribution >= 4 is 21.8 Å². The lowest BCUT2D eigenvalue weighted by molar-refractivity contribution is 0.0776. The van der Waals surface area contributed by atoms with Gasteiger partial charge in [-0.2, -0.15) is 5.10 Å². The highest BCUT2D eigenvalue weighted by molar-refractivity contribution is 9.10. The number of nitrogens with zero attached hydrogens (tertiary/aromatic N) is 4. The zero-order valence-electron chi connectivity index (χ0n) is 16.0. The van der Waals surface area contributed by atoms with Gasteiger partial charge >= 0.3 is 0 Å². The van der Waals surface area contributed by atoms with E-state index in [-0.39, 0.29) is 5.91 Å². The normalized spacial score (nSPS) is 17.3. The molecule has 1 aromatic carbocycles. The summed E-state index contributed by atoms with van der Waals surface area (Å²) in [5.41, 5.74) is 3.39. The van der Waals surface area contributed by atoms with E-state index in [1.54, 1.807) is 0 Å². The number of hydrogen-bond donors (Lipinski definition) is 0. The summed E-state index contributed by atoms with van der Waals surface area (Å²) in [5.74, 6) is 0.107. The Balaban J connectivity index is 1.85. The molecule has 1 atom stereocenters. The first kappa shape index (κ1) is 19.1. The van der Waals surface area contributed by atoms with Crippen LogP contribution in [0.25, 0.3) is 5.69 Å². The van der Waals surface area contributed by atoms with Crippen molar-refractivity contribution in [3.8, 4) is 5.69 Å². The van der Waals surface area contributed by atoms with Gasteiger partial charge in [0, 0.05) is 23.6 Å². The zero-order chi connectivity index (χ0) is 18.8. The molecule has 2 aromatic rings. The average molecular weight is 419 g/mol. The molecule has 0 saturated carbocycles. The van der Waals surface area contributed by atoms with E-state index in [4.69, 9.17) is 0 Å². The molecule has 5 nitrogen and oxygen atoms in total. The first-order valence-electron chi connectivity index (χ1n) is 9.31. The van der Waals surface area contributed by atoms with E-state index < -0.39 is 0 Å². The predicted octanol–water partition coefficient (Wildman–Crippen LogP) is 3.81. The largest absolute Gasteiger partial charge is 0.337 e. The van der Waals surface area contributed by atoms with Gasteiger partial charge in [0.05, 0.1) is 22.6 Å². The Hall–Kier alpha value is -1.66. The highest BCUT2D eigenvalue weighted by Gasteiger charge is 2.32. The molecule has 3 rings (SSSR count). The van der Waals surface area contributed by atoms with Crippen LogP contribution in [0.5, 0.6) is 0 Å². The van der Waals surface area contributed by atoms with Crippen LogP contribution >= 0.6 is 15.9 Å². The molecule has 0 bridgehead atoms. The van der Waals surface area contributed by atoms with Crippen molar-refractivity contribution in [2.45, 2.75) is 40.2 Å². The van der Waals surface area contributed by atoms with Gasteiger partial charge in [0.2, 0.25) is 0 Å². The van der Waals surface area contributed by atoms with Crippen molar-refractivity contribution in [3.63, 3.8) is 0 Å². The third-order valence-corrected chi connectivity index (χ3v) is 5.83. The minimum absolute atomic E-state index is 0.107. The predicted molar refractivity (Wildman–Crippen MR) is 108 cm³/mol. The zero-order valence-corrected chi connectivity index (χ0v) is 17.6. The molecule has 140 valence electrons. The molecule has 1 aliphatic heterocycles. The second-order valence-corrected chi connectivity index (χ2v) is 7.77. The van der Waals surface area contributed by atoms with E-state index >= 15 is 0 Å². The molecule has 26 heavy (non-hydrogen) atoms. The van der Waals surface area contributed by atoms with Gasteiger partial charge in [-0.25, -0.2) is 4.68 Å². The van der Waals surface area contributed by atoms with Crippen molar-refractivity contribution in [1.82, 2.24) is 19.6 Å². The number of carbonyl (C=O) groups is 1. The number of halogens is 1. The second kappa shape index (κ2) is 7.92. The number of rotatable bonds is 5. The van der Waals surface area contributed by atoms with Crippen LogP contribution in [0.2, 0.25) is 0 Å². The molecule has 1 fully saturated rings. The Morgan fingerprint density at radius 3 is 2.69 bits per heavy atom. The van der Waals surface area contributed by atoms with Gasteiger partial charge in [-0.05, 0) is 51.6 Å². The number of aromatic nitrogens is 2. The van der Waals surface area contributed by atoms with Crippen molar-refractivity contribution in [2.24, 2.45) is 0 Å². The van der Waals surface area contributed by atoms with Crippen LogP contribution < -0.4 is 0 Å². The Labute approximate surface area is 164 Å². The summed E-state index contributed by atoms with van der Waals surface area (Å²) in [6, 6.07) is 8.45. The molecular formula is C20H27BrN4O. The summed E-state index contributed by atoms with van der Waals surface area (Å²) in [4.78, 5) is 17.6. The molecule has 6 heteroatoms. The Kier molecular flexibility index (Phi) is 5.82. The molecule has 0 aliphatic carbocycles. The lowest BCUT2D eigenvalue weighted by Gasteiger charge is -2.26. The van der Waals surface area contributed by atoms with Crippen LogP contribution in [0.3, 0.4) is 0 Å². The van der Waals surface area contributed by atoms with Crippen LogP contribution in [0, 0.1) is 13.8 Å². The molecule has 1 aromatic heterocycles. The molecule has 2 heterocycles. The van der Waals surface area contributed by atoms with Gasteiger partial charge in [0.25, 0.3) is 5.91 Å². The Morgan fingerprint density at radius 2 is 2.04 bits per heavy atom. The third kappa shape index (κ3) is 3.58. The minimum Gasteiger partial charge on any atom is -0.337 e. The Bertz CT molecular complexity index is 797. The first-order chi connectivity index (χ1) is 12.5. The fourth-order valence-corrected chi connectivity index (χ4v) is 4.32. The summed E-state index contributed by atoms with van der Waals surface area (Å²) in [7, 11) is 0. The molecule has 1 unspecified atom stereocenters. The minimum atomic E-state index is 0.107. The van der Waals surface area contributed by atoms with Gasteiger partial charge in [-0.1, -0.05) is 35.8 Å². The lowest BCUT2D eigenvalue weighted by atomic mass is 10.1. The standard InChI is InChI=1S/C20H27BrN4O/c1-5-23(6-2)18-10-11-24(13-18)20(26)19-14(3)22-25(15(19)4)17-9-7-8-16(21)12-17/h7-9,12,18H,5-6,10-11,13H2,1-4H3. The Morgan fingerprint density at radius 1 is 1.31 bits per heavy atom. The maximum absolute atomic E-state index is 13.2. The molecule has 0 spiro atoms. The first-order valence-corrected chi connectivity index (χ1v) is 10.1. The topological polar surface area (TPSA) is 41.4 Å². The number of carbonyl (C=O) groups excluding carboxylic acids is 1. The second-order valence-electron chi connectivity index (χ2n) is 6.85. The molecule has 0 radical (unpaired) electrons. The highest BCUT2D eigenvalue weighted by Crippen LogP contribution is 2.24. The number of aryl methyl sites for hydroxylation is 1. The van der Waals surface area contributed by atoms with E-state index in [0.717, 1.165) is 59.7 Å². The number of likely N-dealkylation sites (N-methyl/N-ethyl adjacent to an activating group) is 1. The fourth-order valence-electron chi connectivity index (χ4n) is 3.93. The quantitative estimate of drug-likeness (QED) is 0.740. The van der Waals surface area contributed by atoms with E-state index in [1.165, 1.54) is 0 Å². The number of benzene rings is 1. The van der Waals surface area contributed by atoms with Gasteiger partial charge in [-0.15, -0.1) is 0 Å². The molecular weight excluding hydrogens is 392 g/mol. The van der Waals surface area contributed by atoms with Gasteiger partial charge in [-0.3, -0.25) is 9.69 Å². The summed E-state index contributed by atoms with van der Waals surface area (Å²) in [6.45, 7) is 12.0. The van der Waals surface area contributed by atoms with Crippen LogP contribution in [0.15, 0.2) is 28.7 Å². The molecule has 1 amide bonds. The van der Waals surface area contributed by atoms with E-state index in [2.05, 4.69) is 39.8 Å². The maximum Gasteiger partial charge on any atom is 0.257 e. The van der Waals surface area contributed by atoms with E-state index in [1.807, 2.05) is 47.7 Å². The van der Waals surface area contributed by atoms with Crippen molar-refractivity contribution in [1.29, 1.82) is 0 Å². The molecule has 0 N–H and O–H groups in total. The average Bonchev–Trinajstić information content (AvgIpc) is 3.21. The summed E-state index contributed by atoms with van der Waals surface area (Å²) < 4.78 is 2.86. The fraction of sp³-hybridized carbons (Fsp3) is 0.500. The lowest BCUT2D eigenvalue weighted by Crippen LogP contribution is -2.38.